The van der Waals surface area contributed by atoms with E-state index in [0.29, 0.717) is 24.9 Å². The SMILES string of the molecule is CC1CCN(Cc2ccc(Cl)c([N+](=O)[O-])c2)CC1CN. The van der Waals surface area contributed by atoms with Crippen molar-refractivity contribution < 1.29 is 4.92 Å². The molecular weight excluding hydrogens is 278 g/mol. The number of rotatable bonds is 4. The van der Waals surface area contributed by atoms with Crippen LogP contribution >= 0.6 is 11.6 Å². The number of nitrogens with zero attached hydrogens (tertiary/aromatic N) is 2. The van der Waals surface area contributed by atoms with Crippen LogP contribution in [0.15, 0.2) is 18.2 Å². The molecule has 1 heterocycles. The van der Waals surface area contributed by atoms with E-state index in [2.05, 4.69) is 11.8 Å². The van der Waals surface area contributed by atoms with E-state index in [9.17, 15) is 10.1 Å². The summed E-state index contributed by atoms with van der Waals surface area (Å²) in [6.07, 6.45) is 1.12. The fraction of sp³-hybridized carbons (Fsp3) is 0.571. The van der Waals surface area contributed by atoms with E-state index in [-0.39, 0.29) is 10.7 Å². The summed E-state index contributed by atoms with van der Waals surface area (Å²) < 4.78 is 0. The highest BCUT2D eigenvalue weighted by molar-refractivity contribution is 6.32. The van der Waals surface area contributed by atoms with Crippen LogP contribution in [0.1, 0.15) is 18.9 Å². The van der Waals surface area contributed by atoms with E-state index in [1.54, 1.807) is 12.1 Å². The molecule has 0 amide bonds. The molecule has 20 heavy (non-hydrogen) atoms. The fourth-order valence-corrected chi connectivity index (χ4v) is 2.92. The minimum atomic E-state index is -0.438. The highest BCUT2D eigenvalue weighted by Crippen LogP contribution is 2.27. The lowest BCUT2D eigenvalue weighted by Gasteiger charge is -2.36. The number of halogens is 1. The predicted molar refractivity (Wildman–Crippen MR) is 79.7 cm³/mol. The van der Waals surface area contributed by atoms with Gasteiger partial charge in [0, 0.05) is 19.2 Å². The lowest BCUT2D eigenvalue weighted by atomic mass is 9.87. The Labute approximate surface area is 123 Å². The molecule has 2 N–H and O–H groups in total. The Morgan fingerprint density at radius 3 is 2.95 bits per heavy atom. The van der Waals surface area contributed by atoms with Gasteiger partial charge in [-0.2, -0.15) is 0 Å². The van der Waals surface area contributed by atoms with Crippen LogP contribution in [0.3, 0.4) is 0 Å². The molecule has 0 radical (unpaired) electrons. The molecule has 5 nitrogen and oxygen atoms in total. The van der Waals surface area contributed by atoms with Gasteiger partial charge >= 0.3 is 0 Å². The van der Waals surface area contributed by atoms with E-state index in [1.807, 2.05) is 6.07 Å². The molecule has 6 heteroatoms. The molecule has 110 valence electrons. The van der Waals surface area contributed by atoms with Gasteiger partial charge in [-0.15, -0.1) is 0 Å². The molecule has 0 aromatic heterocycles. The predicted octanol–water partition coefficient (Wildman–Crippen LogP) is 2.66. The van der Waals surface area contributed by atoms with Crippen LogP contribution in [0.4, 0.5) is 5.69 Å². The lowest BCUT2D eigenvalue weighted by Crippen LogP contribution is -2.42. The molecular formula is C14H20ClN3O2. The molecule has 0 aliphatic carbocycles. The normalized spacial score (nSPS) is 23.8. The van der Waals surface area contributed by atoms with E-state index < -0.39 is 4.92 Å². The minimum absolute atomic E-state index is 0.0232. The van der Waals surface area contributed by atoms with Crippen molar-refractivity contribution in [3.63, 3.8) is 0 Å². The number of benzene rings is 1. The van der Waals surface area contributed by atoms with E-state index in [1.165, 1.54) is 0 Å². The topological polar surface area (TPSA) is 72.4 Å². The second kappa shape index (κ2) is 6.52. The van der Waals surface area contributed by atoms with Crippen LogP contribution in [-0.4, -0.2) is 29.5 Å². The smallest absolute Gasteiger partial charge is 0.288 e. The van der Waals surface area contributed by atoms with Gasteiger partial charge in [-0.05, 0) is 43.0 Å². The zero-order valence-electron chi connectivity index (χ0n) is 11.6. The van der Waals surface area contributed by atoms with Crippen molar-refractivity contribution in [3.05, 3.63) is 38.9 Å². The third-order valence-electron chi connectivity index (χ3n) is 4.11. The molecule has 2 rings (SSSR count). The van der Waals surface area contributed by atoms with E-state index >= 15 is 0 Å². The van der Waals surface area contributed by atoms with Gasteiger partial charge < -0.3 is 5.73 Å². The van der Waals surface area contributed by atoms with Gasteiger partial charge in [0.25, 0.3) is 5.69 Å². The van der Waals surface area contributed by atoms with E-state index in [4.69, 9.17) is 17.3 Å². The zero-order chi connectivity index (χ0) is 14.7. The van der Waals surface area contributed by atoms with Gasteiger partial charge in [0.15, 0.2) is 0 Å². The van der Waals surface area contributed by atoms with Crippen molar-refractivity contribution in [2.75, 3.05) is 19.6 Å². The first-order valence-corrected chi connectivity index (χ1v) is 7.24. The summed E-state index contributed by atoms with van der Waals surface area (Å²) in [6.45, 7) is 5.60. The fourth-order valence-electron chi connectivity index (χ4n) is 2.73. The largest absolute Gasteiger partial charge is 0.330 e. The Hall–Kier alpha value is -1.17. The Morgan fingerprint density at radius 1 is 1.55 bits per heavy atom. The number of nitro benzene ring substituents is 1. The number of nitro groups is 1. The summed E-state index contributed by atoms with van der Waals surface area (Å²) in [5.41, 5.74) is 6.70. The first kappa shape index (κ1) is 15.2. The van der Waals surface area contributed by atoms with Crippen LogP contribution in [-0.2, 0) is 6.54 Å². The van der Waals surface area contributed by atoms with Crippen molar-refractivity contribution >= 4 is 17.3 Å². The van der Waals surface area contributed by atoms with Crippen molar-refractivity contribution in [2.24, 2.45) is 17.6 Å². The first-order chi connectivity index (χ1) is 9.51. The summed E-state index contributed by atoms with van der Waals surface area (Å²) in [7, 11) is 0. The van der Waals surface area contributed by atoms with Crippen LogP contribution in [0.5, 0.6) is 0 Å². The molecule has 2 atom stereocenters. The van der Waals surface area contributed by atoms with Crippen molar-refractivity contribution in [1.82, 2.24) is 4.90 Å². The highest BCUT2D eigenvalue weighted by atomic mass is 35.5. The lowest BCUT2D eigenvalue weighted by molar-refractivity contribution is -0.384. The van der Waals surface area contributed by atoms with Crippen LogP contribution < -0.4 is 5.73 Å². The van der Waals surface area contributed by atoms with Gasteiger partial charge in [0.05, 0.1) is 4.92 Å². The molecule has 0 saturated carbocycles. The van der Waals surface area contributed by atoms with Gasteiger partial charge in [0.1, 0.15) is 5.02 Å². The van der Waals surface area contributed by atoms with Crippen LogP contribution in [0.25, 0.3) is 0 Å². The maximum absolute atomic E-state index is 10.9. The summed E-state index contributed by atoms with van der Waals surface area (Å²) in [5.74, 6) is 1.15. The van der Waals surface area contributed by atoms with Gasteiger partial charge in [-0.1, -0.05) is 24.6 Å². The standard InChI is InChI=1S/C14H20ClN3O2/c1-10-4-5-17(9-12(10)7-16)8-11-2-3-13(15)14(6-11)18(19)20/h2-3,6,10,12H,4-5,7-9,16H2,1H3. The second-order valence-electron chi connectivity index (χ2n) is 5.54. The average Bonchev–Trinajstić information content (AvgIpc) is 2.42. The Kier molecular flexibility index (Phi) is 4.96. The second-order valence-corrected chi connectivity index (χ2v) is 5.95. The van der Waals surface area contributed by atoms with Crippen molar-refractivity contribution in [3.8, 4) is 0 Å². The molecule has 1 fully saturated rings. The molecule has 1 aliphatic rings. The summed E-state index contributed by atoms with van der Waals surface area (Å²) in [4.78, 5) is 12.8. The third kappa shape index (κ3) is 3.48. The number of likely N-dealkylation sites (tertiary alicyclic amines) is 1. The van der Waals surface area contributed by atoms with E-state index in [0.717, 1.165) is 25.1 Å². The zero-order valence-corrected chi connectivity index (χ0v) is 12.3. The molecule has 2 unspecified atom stereocenters. The Morgan fingerprint density at radius 2 is 2.30 bits per heavy atom. The molecule has 1 saturated heterocycles. The summed E-state index contributed by atoms with van der Waals surface area (Å²) >= 11 is 5.83. The molecule has 1 aliphatic heterocycles. The van der Waals surface area contributed by atoms with Crippen LogP contribution in [0, 0.1) is 22.0 Å². The van der Waals surface area contributed by atoms with Crippen molar-refractivity contribution in [1.29, 1.82) is 0 Å². The Bertz CT molecular complexity index is 495. The first-order valence-electron chi connectivity index (χ1n) is 6.86. The Balaban J connectivity index is 2.07. The monoisotopic (exact) mass is 297 g/mol. The maximum atomic E-state index is 10.9. The maximum Gasteiger partial charge on any atom is 0.288 e. The molecule has 1 aromatic carbocycles. The molecule has 1 aromatic rings. The van der Waals surface area contributed by atoms with Crippen LogP contribution in [0.2, 0.25) is 5.02 Å². The number of piperidine rings is 1. The quantitative estimate of drug-likeness (QED) is 0.685. The van der Waals surface area contributed by atoms with Crippen molar-refractivity contribution in [2.45, 2.75) is 19.9 Å². The number of nitrogens with two attached hydrogens (primary N) is 1. The number of hydrogen-bond donors (Lipinski definition) is 1. The summed E-state index contributed by atoms with van der Waals surface area (Å²) in [6, 6.07) is 5.02. The van der Waals surface area contributed by atoms with Gasteiger partial charge in [-0.3, -0.25) is 15.0 Å². The minimum Gasteiger partial charge on any atom is -0.330 e. The highest BCUT2D eigenvalue weighted by Gasteiger charge is 2.25. The summed E-state index contributed by atoms with van der Waals surface area (Å²) in [5, 5.41) is 11.1. The average molecular weight is 298 g/mol. The molecule has 0 bridgehead atoms. The van der Waals surface area contributed by atoms with Gasteiger partial charge in [0.2, 0.25) is 0 Å². The number of hydrogen-bond acceptors (Lipinski definition) is 4. The van der Waals surface area contributed by atoms with Gasteiger partial charge in [-0.25, -0.2) is 0 Å². The molecule has 0 spiro atoms. The third-order valence-corrected chi connectivity index (χ3v) is 4.43.